The van der Waals surface area contributed by atoms with Crippen LogP contribution in [0.2, 0.25) is 0 Å². The van der Waals surface area contributed by atoms with Crippen molar-refractivity contribution in [2.75, 3.05) is 0 Å². The number of esters is 4. The van der Waals surface area contributed by atoms with E-state index in [4.69, 9.17) is 18.9 Å². The third kappa shape index (κ3) is 7.07. The molecule has 0 unspecified atom stereocenters. The van der Waals surface area contributed by atoms with Gasteiger partial charge in [0.05, 0.1) is 24.4 Å². The van der Waals surface area contributed by atoms with Gasteiger partial charge in [0.25, 0.3) is 0 Å². The molecule has 0 aliphatic rings. The van der Waals surface area contributed by atoms with Gasteiger partial charge in [0.2, 0.25) is 0 Å². The minimum atomic E-state index is -0.946. The number of ether oxygens (including phenoxy) is 4. The van der Waals surface area contributed by atoms with E-state index in [1.807, 2.05) is 0 Å². The topological polar surface area (TPSA) is 110 Å². The van der Waals surface area contributed by atoms with E-state index < -0.39 is 53.8 Å². The number of rotatable bonds is 8. The van der Waals surface area contributed by atoms with E-state index in [0.717, 1.165) is 0 Å². The minimum Gasteiger partial charge on any atom is -0.459 e. The molecular weight excluding hydrogens is 430 g/mol. The normalized spacial score (nSPS) is 11.8. The first kappa shape index (κ1) is 28.2. The van der Waals surface area contributed by atoms with Crippen molar-refractivity contribution in [1.82, 2.24) is 4.57 Å². The fourth-order valence-electron chi connectivity index (χ4n) is 3.11. The van der Waals surface area contributed by atoms with Crippen LogP contribution < -0.4 is 0 Å². The van der Waals surface area contributed by atoms with E-state index in [1.165, 1.54) is 4.57 Å². The van der Waals surface area contributed by atoms with Crippen molar-refractivity contribution < 1.29 is 38.1 Å². The summed E-state index contributed by atoms with van der Waals surface area (Å²) < 4.78 is 22.8. The van der Waals surface area contributed by atoms with Gasteiger partial charge in [0.15, 0.2) is 0 Å². The summed E-state index contributed by atoms with van der Waals surface area (Å²) in [6.45, 7) is 18.3. The van der Waals surface area contributed by atoms with Gasteiger partial charge in [0, 0.05) is 5.54 Å². The van der Waals surface area contributed by atoms with E-state index in [9.17, 15) is 19.2 Å². The summed E-state index contributed by atoms with van der Waals surface area (Å²) in [7, 11) is 0. The smallest absolute Gasteiger partial charge is 0.356 e. The molecule has 0 spiro atoms. The molecule has 1 rings (SSSR count). The van der Waals surface area contributed by atoms with Gasteiger partial charge in [-0.15, -0.1) is 0 Å². The van der Waals surface area contributed by atoms with Crippen LogP contribution in [0.4, 0.5) is 0 Å². The summed E-state index contributed by atoms with van der Waals surface area (Å²) >= 11 is 0. The number of carbonyl (C=O) groups is 4. The molecule has 9 heteroatoms. The summed E-state index contributed by atoms with van der Waals surface area (Å²) in [4.78, 5) is 52.9. The molecule has 0 aliphatic heterocycles. The average Bonchev–Trinajstić information content (AvgIpc) is 2.96. The van der Waals surface area contributed by atoms with Crippen LogP contribution in [0.3, 0.4) is 0 Å². The van der Waals surface area contributed by atoms with Gasteiger partial charge >= 0.3 is 23.9 Å². The third-order valence-electron chi connectivity index (χ3n) is 4.01. The van der Waals surface area contributed by atoms with Gasteiger partial charge in [-0.1, -0.05) is 0 Å². The van der Waals surface area contributed by atoms with Crippen LogP contribution in [-0.4, -0.2) is 52.9 Å². The molecule has 1 aromatic heterocycles. The summed E-state index contributed by atoms with van der Waals surface area (Å²) in [5.41, 5.74) is -2.24. The van der Waals surface area contributed by atoms with Gasteiger partial charge in [-0.05, 0) is 76.2 Å². The fraction of sp³-hybridized carbons (Fsp3) is 0.667. The second kappa shape index (κ2) is 10.9. The molecule has 0 N–H and O–H groups in total. The van der Waals surface area contributed by atoms with Crippen molar-refractivity contribution in [3.63, 3.8) is 0 Å². The SMILES string of the molecule is CC(C)OC(=O)c1c(C(=O)OC(C)C)c(C(=O)OC(C)C)n(C(C)(C)C)c1C(=O)OC(C)C. The Kier molecular flexibility index (Phi) is 9.27. The highest BCUT2D eigenvalue weighted by atomic mass is 16.6. The Bertz CT molecular complexity index is 835. The highest BCUT2D eigenvalue weighted by molar-refractivity contribution is 6.15. The highest BCUT2D eigenvalue weighted by Gasteiger charge is 2.43. The van der Waals surface area contributed by atoms with Crippen molar-refractivity contribution in [3.8, 4) is 0 Å². The predicted octanol–water partition coefficient (Wildman–Crippen LogP) is 4.50. The standard InChI is InChI=1S/C24H37NO8/c1-12(2)30-20(26)16-17(21(27)31-13(3)4)19(23(29)33-15(7)8)25(24(9,10)11)18(16)22(28)32-14(5)6/h12-15H,1-11H3. The van der Waals surface area contributed by atoms with Crippen molar-refractivity contribution in [3.05, 3.63) is 22.5 Å². The van der Waals surface area contributed by atoms with Gasteiger partial charge in [0.1, 0.15) is 22.5 Å². The first-order valence-corrected chi connectivity index (χ1v) is 11.1. The molecule has 0 saturated carbocycles. The maximum Gasteiger partial charge on any atom is 0.356 e. The Morgan fingerprint density at radius 1 is 0.545 bits per heavy atom. The van der Waals surface area contributed by atoms with E-state index in [0.29, 0.717) is 0 Å². The van der Waals surface area contributed by atoms with Crippen molar-refractivity contribution >= 4 is 23.9 Å². The molecule has 0 amide bonds. The summed E-state index contributed by atoms with van der Waals surface area (Å²) in [6, 6.07) is 0. The molecule has 33 heavy (non-hydrogen) atoms. The zero-order valence-electron chi connectivity index (χ0n) is 21.5. The Morgan fingerprint density at radius 2 is 0.788 bits per heavy atom. The van der Waals surface area contributed by atoms with E-state index >= 15 is 0 Å². The zero-order valence-corrected chi connectivity index (χ0v) is 21.5. The Hall–Kier alpha value is -2.84. The lowest BCUT2D eigenvalue weighted by atomic mass is 10.1. The quantitative estimate of drug-likeness (QED) is 0.406. The first-order chi connectivity index (χ1) is 15.0. The average molecular weight is 468 g/mol. The van der Waals surface area contributed by atoms with Gasteiger partial charge in [-0.2, -0.15) is 0 Å². The number of nitrogens with zero attached hydrogens (tertiary/aromatic N) is 1. The second-order valence-electron chi connectivity index (χ2n) is 9.77. The molecule has 0 saturated heterocycles. The molecular formula is C24H37NO8. The molecule has 0 fully saturated rings. The molecule has 186 valence electrons. The van der Waals surface area contributed by atoms with Crippen LogP contribution in [0.25, 0.3) is 0 Å². The van der Waals surface area contributed by atoms with Crippen LogP contribution in [0.15, 0.2) is 0 Å². The Balaban J connectivity index is 4.21. The summed E-state index contributed by atoms with van der Waals surface area (Å²) in [5, 5.41) is 0. The molecule has 1 aromatic rings. The van der Waals surface area contributed by atoms with Crippen LogP contribution in [0.5, 0.6) is 0 Å². The van der Waals surface area contributed by atoms with Gasteiger partial charge < -0.3 is 23.5 Å². The number of hydrogen-bond donors (Lipinski definition) is 0. The van der Waals surface area contributed by atoms with E-state index in [2.05, 4.69) is 0 Å². The molecule has 0 radical (unpaired) electrons. The lowest BCUT2D eigenvalue weighted by Gasteiger charge is -2.27. The van der Waals surface area contributed by atoms with E-state index in [1.54, 1.807) is 76.2 Å². The molecule has 9 nitrogen and oxygen atoms in total. The molecule has 0 atom stereocenters. The predicted molar refractivity (Wildman–Crippen MR) is 122 cm³/mol. The third-order valence-corrected chi connectivity index (χ3v) is 4.01. The van der Waals surface area contributed by atoms with Crippen LogP contribution in [-0.2, 0) is 24.5 Å². The largest absolute Gasteiger partial charge is 0.459 e. The molecule has 0 aromatic carbocycles. The first-order valence-electron chi connectivity index (χ1n) is 11.1. The van der Waals surface area contributed by atoms with E-state index in [-0.39, 0.29) is 22.5 Å². The summed E-state index contributed by atoms with van der Waals surface area (Å²) in [6.07, 6.45) is -2.15. The number of carbonyl (C=O) groups excluding carboxylic acids is 4. The Labute approximate surface area is 195 Å². The van der Waals surface area contributed by atoms with Crippen molar-refractivity contribution in [2.24, 2.45) is 0 Å². The van der Waals surface area contributed by atoms with Gasteiger partial charge in [-0.25, -0.2) is 19.2 Å². The Morgan fingerprint density at radius 3 is 1.00 bits per heavy atom. The summed E-state index contributed by atoms with van der Waals surface area (Å²) in [5.74, 6) is -3.65. The van der Waals surface area contributed by atoms with Crippen molar-refractivity contribution in [1.29, 1.82) is 0 Å². The molecule has 0 bridgehead atoms. The highest BCUT2D eigenvalue weighted by Crippen LogP contribution is 2.33. The zero-order chi connectivity index (χ0) is 25.8. The number of hydrogen-bond acceptors (Lipinski definition) is 8. The fourth-order valence-corrected chi connectivity index (χ4v) is 3.11. The molecule has 0 aliphatic carbocycles. The lowest BCUT2D eigenvalue weighted by molar-refractivity contribution is 0.0301. The molecule has 1 heterocycles. The van der Waals surface area contributed by atoms with Crippen molar-refractivity contribution in [2.45, 2.75) is 106 Å². The second-order valence-corrected chi connectivity index (χ2v) is 9.77. The van der Waals surface area contributed by atoms with Crippen LogP contribution in [0, 0.1) is 0 Å². The minimum absolute atomic E-state index is 0.270. The van der Waals surface area contributed by atoms with Gasteiger partial charge in [-0.3, -0.25) is 0 Å². The maximum absolute atomic E-state index is 13.2. The van der Waals surface area contributed by atoms with Crippen LogP contribution in [0.1, 0.15) is 118 Å². The van der Waals surface area contributed by atoms with Crippen LogP contribution >= 0.6 is 0 Å². The lowest BCUT2D eigenvalue weighted by Crippen LogP contribution is -2.32. The monoisotopic (exact) mass is 467 g/mol. The number of aromatic nitrogens is 1. The maximum atomic E-state index is 13.2.